The average Bonchev–Trinajstić information content (AvgIpc) is 2.67. The van der Waals surface area contributed by atoms with Gasteiger partial charge >= 0.3 is 0 Å². The molecule has 0 aromatic heterocycles. The molecule has 0 radical (unpaired) electrons. The third kappa shape index (κ3) is 5.43. The summed E-state index contributed by atoms with van der Waals surface area (Å²) in [5.41, 5.74) is 0.766. The van der Waals surface area contributed by atoms with Crippen molar-refractivity contribution in [3.8, 4) is 17.6 Å². The molecule has 1 amide bonds. The zero-order valence-corrected chi connectivity index (χ0v) is 17.0. The number of methoxy groups -OCH3 is 1. The van der Waals surface area contributed by atoms with Crippen molar-refractivity contribution >= 4 is 52.5 Å². The predicted octanol–water partition coefficient (Wildman–Crippen LogP) is 5.77. The van der Waals surface area contributed by atoms with Crippen LogP contribution in [-0.2, 0) is 4.79 Å². The fraction of sp³-hybridized carbons (Fsp3) is 0.100. The van der Waals surface area contributed by atoms with Crippen molar-refractivity contribution in [2.75, 3.05) is 19.0 Å². The van der Waals surface area contributed by atoms with Crippen molar-refractivity contribution in [2.45, 2.75) is 0 Å². The van der Waals surface area contributed by atoms with Crippen LogP contribution in [-0.4, -0.2) is 19.6 Å². The zero-order chi connectivity index (χ0) is 20.7. The van der Waals surface area contributed by atoms with E-state index in [4.69, 9.17) is 44.3 Å². The summed E-state index contributed by atoms with van der Waals surface area (Å²) in [5, 5.41) is 12.9. The van der Waals surface area contributed by atoms with Gasteiger partial charge in [-0.15, -0.1) is 0 Å². The number of halogens is 3. The SMILES string of the molecule is C=CCOc1c(Cl)cc(/C=C(\C#N)C(=O)Nc2ccc(Cl)c(Cl)c2)cc1OC. The minimum atomic E-state index is -0.608. The number of hydrogen-bond donors (Lipinski definition) is 1. The molecule has 144 valence electrons. The van der Waals surface area contributed by atoms with E-state index in [1.54, 1.807) is 30.3 Å². The van der Waals surface area contributed by atoms with Gasteiger partial charge < -0.3 is 14.8 Å². The van der Waals surface area contributed by atoms with E-state index < -0.39 is 5.91 Å². The van der Waals surface area contributed by atoms with Crippen molar-refractivity contribution in [1.29, 1.82) is 5.26 Å². The van der Waals surface area contributed by atoms with Crippen LogP contribution in [0.2, 0.25) is 15.1 Å². The summed E-state index contributed by atoms with van der Waals surface area (Å²) in [6, 6.07) is 9.64. The van der Waals surface area contributed by atoms with Gasteiger partial charge in [-0.2, -0.15) is 5.26 Å². The van der Waals surface area contributed by atoms with Gasteiger partial charge in [0.1, 0.15) is 18.2 Å². The Hall–Kier alpha value is -2.65. The van der Waals surface area contributed by atoms with Gasteiger partial charge in [0.2, 0.25) is 0 Å². The molecule has 0 aliphatic rings. The third-order valence-electron chi connectivity index (χ3n) is 3.45. The van der Waals surface area contributed by atoms with Crippen LogP contribution in [0.3, 0.4) is 0 Å². The largest absolute Gasteiger partial charge is 0.493 e. The lowest BCUT2D eigenvalue weighted by Gasteiger charge is -2.12. The molecule has 2 aromatic rings. The molecular weight excluding hydrogens is 423 g/mol. The average molecular weight is 438 g/mol. The first-order valence-corrected chi connectivity index (χ1v) is 9.02. The second-order valence-corrected chi connectivity index (χ2v) is 6.61. The highest BCUT2D eigenvalue weighted by Crippen LogP contribution is 2.37. The van der Waals surface area contributed by atoms with Crippen LogP contribution in [0, 0.1) is 11.3 Å². The second kappa shape index (κ2) is 10.0. The van der Waals surface area contributed by atoms with E-state index in [0.29, 0.717) is 27.8 Å². The number of hydrogen-bond acceptors (Lipinski definition) is 4. The van der Waals surface area contributed by atoms with Gasteiger partial charge in [-0.25, -0.2) is 0 Å². The van der Waals surface area contributed by atoms with Gasteiger partial charge in [0.05, 0.1) is 22.2 Å². The number of ether oxygens (including phenoxy) is 2. The lowest BCUT2D eigenvalue weighted by atomic mass is 10.1. The molecule has 1 N–H and O–H groups in total. The molecule has 0 bridgehead atoms. The zero-order valence-electron chi connectivity index (χ0n) is 14.8. The van der Waals surface area contributed by atoms with Crippen LogP contribution < -0.4 is 14.8 Å². The van der Waals surface area contributed by atoms with E-state index in [-0.39, 0.29) is 22.2 Å². The normalized spacial score (nSPS) is 10.8. The highest BCUT2D eigenvalue weighted by molar-refractivity contribution is 6.42. The van der Waals surface area contributed by atoms with Crippen LogP contribution in [0.5, 0.6) is 11.5 Å². The molecule has 0 unspecified atom stereocenters. The second-order valence-electron chi connectivity index (χ2n) is 5.39. The summed E-state index contributed by atoms with van der Waals surface area (Å²) in [5.74, 6) is 0.103. The Bertz CT molecular complexity index is 981. The van der Waals surface area contributed by atoms with E-state index in [0.717, 1.165) is 0 Å². The van der Waals surface area contributed by atoms with E-state index in [2.05, 4.69) is 11.9 Å². The molecule has 0 spiro atoms. The van der Waals surface area contributed by atoms with Crippen molar-refractivity contribution in [2.24, 2.45) is 0 Å². The Morgan fingerprint density at radius 1 is 1.21 bits per heavy atom. The molecule has 2 rings (SSSR count). The van der Waals surface area contributed by atoms with E-state index in [1.165, 1.54) is 19.3 Å². The first kappa shape index (κ1) is 21.6. The van der Waals surface area contributed by atoms with Crippen LogP contribution in [0.1, 0.15) is 5.56 Å². The van der Waals surface area contributed by atoms with Gasteiger partial charge in [0, 0.05) is 5.69 Å². The molecule has 2 aromatic carbocycles. The minimum Gasteiger partial charge on any atom is -0.493 e. The molecule has 5 nitrogen and oxygen atoms in total. The molecular formula is C20H15Cl3N2O3. The van der Waals surface area contributed by atoms with Crippen LogP contribution in [0.15, 0.2) is 48.6 Å². The molecule has 0 saturated heterocycles. The lowest BCUT2D eigenvalue weighted by molar-refractivity contribution is -0.112. The standard InChI is InChI=1S/C20H15Cl3N2O3/c1-3-6-28-19-17(23)8-12(9-18(19)27-2)7-13(11-24)20(26)25-14-4-5-15(21)16(22)10-14/h3-5,7-10H,1,6H2,2H3,(H,25,26)/b13-7+. The molecule has 8 heteroatoms. The summed E-state index contributed by atoms with van der Waals surface area (Å²) >= 11 is 18.0. The number of nitrogens with one attached hydrogen (secondary N) is 1. The Kier molecular flexibility index (Phi) is 7.77. The first-order valence-electron chi connectivity index (χ1n) is 7.89. The maximum absolute atomic E-state index is 12.4. The number of carbonyl (C=O) groups excluding carboxylic acids is 1. The maximum Gasteiger partial charge on any atom is 0.266 e. The highest BCUT2D eigenvalue weighted by Gasteiger charge is 2.14. The summed E-state index contributed by atoms with van der Waals surface area (Å²) in [6.45, 7) is 3.83. The fourth-order valence-corrected chi connectivity index (χ4v) is 2.76. The highest BCUT2D eigenvalue weighted by atomic mass is 35.5. The summed E-state index contributed by atoms with van der Waals surface area (Å²) in [4.78, 5) is 12.4. The molecule has 0 fully saturated rings. The van der Waals surface area contributed by atoms with Gasteiger partial charge in [-0.05, 0) is 42.0 Å². The van der Waals surface area contributed by atoms with Gasteiger partial charge in [-0.1, -0.05) is 47.5 Å². The summed E-state index contributed by atoms with van der Waals surface area (Å²) in [7, 11) is 1.46. The Morgan fingerprint density at radius 2 is 1.96 bits per heavy atom. The topological polar surface area (TPSA) is 71.3 Å². The first-order chi connectivity index (χ1) is 13.4. The summed E-state index contributed by atoms with van der Waals surface area (Å²) < 4.78 is 10.8. The van der Waals surface area contributed by atoms with Crippen LogP contribution in [0.25, 0.3) is 6.08 Å². The Morgan fingerprint density at radius 3 is 2.57 bits per heavy atom. The van der Waals surface area contributed by atoms with Crippen molar-refractivity contribution in [3.05, 3.63) is 69.2 Å². The van der Waals surface area contributed by atoms with Gasteiger partial charge in [-0.3, -0.25) is 4.79 Å². The lowest BCUT2D eigenvalue weighted by Crippen LogP contribution is -2.13. The fourth-order valence-electron chi connectivity index (χ4n) is 2.19. The Balaban J connectivity index is 2.31. The van der Waals surface area contributed by atoms with E-state index >= 15 is 0 Å². The molecule has 0 aliphatic carbocycles. The molecule has 0 saturated carbocycles. The van der Waals surface area contributed by atoms with Crippen LogP contribution >= 0.6 is 34.8 Å². The molecule has 0 heterocycles. The van der Waals surface area contributed by atoms with Crippen LogP contribution in [0.4, 0.5) is 5.69 Å². The number of nitriles is 1. The quantitative estimate of drug-likeness (QED) is 0.339. The number of rotatable bonds is 7. The summed E-state index contributed by atoms with van der Waals surface area (Å²) in [6.07, 6.45) is 2.96. The number of amides is 1. The number of benzene rings is 2. The van der Waals surface area contributed by atoms with Crippen molar-refractivity contribution < 1.29 is 14.3 Å². The monoisotopic (exact) mass is 436 g/mol. The van der Waals surface area contributed by atoms with Gasteiger partial charge in [0.15, 0.2) is 11.5 Å². The molecule has 0 atom stereocenters. The van der Waals surface area contributed by atoms with Crippen molar-refractivity contribution in [3.63, 3.8) is 0 Å². The van der Waals surface area contributed by atoms with E-state index in [1.807, 2.05) is 6.07 Å². The number of anilines is 1. The Labute approximate surface area is 177 Å². The van der Waals surface area contributed by atoms with Crippen molar-refractivity contribution in [1.82, 2.24) is 0 Å². The molecule has 28 heavy (non-hydrogen) atoms. The third-order valence-corrected chi connectivity index (χ3v) is 4.47. The maximum atomic E-state index is 12.4. The predicted molar refractivity (Wildman–Crippen MR) is 112 cm³/mol. The molecule has 0 aliphatic heterocycles. The minimum absolute atomic E-state index is 0.135. The number of carbonyl (C=O) groups is 1. The number of nitrogens with zero attached hydrogens (tertiary/aromatic N) is 1. The van der Waals surface area contributed by atoms with Gasteiger partial charge in [0.25, 0.3) is 5.91 Å². The smallest absolute Gasteiger partial charge is 0.266 e. The van der Waals surface area contributed by atoms with E-state index in [9.17, 15) is 10.1 Å².